The van der Waals surface area contributed by atoms with Gasteiger partial charge in [0.25, 0.3) is 0 Å². The first-order chi connectivity index (χ1) is 8.30. The minimum Gasteiger partial charge on any atom is -0.360 e. The number of nitriles is 1. The first-order valence-corrected chi connectivity index (χ1v) is 5.00. The Bertz CT molecular complexity index is 476. The molecule has 0 saturated heterocycles. The molecule has 1 aromatic carbocycles. The van der Waals surface area contributed by atoms with Crippen LogP contribution < -0.4 is 4.90 Å². The van der Waals surface area contributed by atoms with Crippen LogP contribution in [0.2, 0.25) is 0 Å². The van der Waals surface area contributed by atoms with Crippen molar-refractivity contribution in [1.29, 1.82) is 5.26 Å². The van der Waals surface area contributed by atoms with Crippen molar-refractivity contribution in [3.05, 3.63) is 29.3 Å². The summed E-state index contributed by atoms with van der Waals surface area (Å²) >= 11 is 0. The quantitative estimate of drug-likeness (QED) is 0.784. The molecule has 1 rings (SSSR count). The van der Waals surface area contributed by atoms with Crippen molar-refractivity contribution < 1.29 is 22.0 Å². The Kier molecular flexibility index (Phi) is 4.11. The number of hydrogen-bond acceptors (Lipinski definition) is 2. The summed E-state index contributed by atoms with van der Waals surface area (Å²) in [4.78, 5) is 0.652. The summed E-state index contributed by atoms with van der Waals surface area (Å²) in [6, 6.07) is 3.33. The van der Waals surface area contributed by atoms with Gasteiger partial charge in [0.1, 0.15) is 12.6 Å². The van der Waals surface area contributed by atoms with Gasteiger partial charge in [-0.1, -0.05) is 0 Å². The van der Waals surface area contributed by atoms with Crippen molar-refractivity contribution in [1.82, 2.24) is 0 Å². The van der Waals surface area contributed by atoms with Crippen LogP contribution >= 0.6 is 0 Å². The lowest BCUT2D eigenvalue weighted by molar-refractivity contribution is -0.119. The van der Waals surface area contributed by atoms with Crippen LogP contribution in [0.4, 0.5) is 27.6 Å². The largest absolute Gasteiger partial charge is 0.405 e. The van der Waals surface area contributed by atoms with E-state index >= 15 is 0 Å². The standard InChI is InChI=1S/C11H9F5N2/c1-2-18(6-11(14,15)16)8-4-3-7(5-17)9(12)10(8)13/h3-4H,2,6H2,1H3. The summed E-state index contributed by atoms with van der Waals surface area (Å²) in [6.07, 6.45) is -4.52. The van der Waals surface area contributed by atoms with Crippen molar-refractivity contribution in [3.63, 3.8) is 0 Å². The van der Waals surface area contributed by atoms with E-state index in [4.69, 9.17) is 5.26 Å². The predicted molar refractivity (Wildman–Crippen MR) is 55.0 cm³/mol. The second-order valence-electron chi connectivity index (χ2n) is 3.50. The highest BCUT2D eigenvalue weighted by Crippen LogP contribution is 2.27. The molecule has 1 aromatic rings. The Morgan fingerprint density at radius 3 is 2.28 bits per heavy atom. The Labute approximate surface area is 100 Å². The SMILES string of the molecule is CCN(CC(F)(F)F)c1ccc(C#N)c(F)c1F. The van der Waals surface area contributed by atoms with E-state index in [1.807, 2.05) is 0 Å². The second kappa shape index (κ2) is 5.21. The number of rotatable bonds is 3. The van der Waals surface area contributed by atoms with Crippen molar-refractivity contribution in [3.8, 4) is 6.07 Å². The number of hydrogen-bond donors (Lipinski definition) is 0. The first-order valence-electron chi connectivity index (χ1n) is 5.00. The van der Waals surface area contributed by atoms with Crippen LogP contribution in [0.3, 0.4) is 0 Å². The summed E-state index contributed by atoms with van der Waals surface area (Å²) in [5.41, 5.74) is -1.05. The molecule has 0 heterocycles. The summed E-state index contributed by atoms with van der Waals surface area (Å²) in [5, 5.41) is 8.47. The molecule has 98 valence electrons. The number of anilines is 1. The zero-order valence-electron chi connectivity index (χ0n) is 9.35. The van der Waals surface area contributed by atoms with E-state index in [0.29, 0.717) is 4.90 Å². The van der Waals surface area contributed by atoms with Crippen molar-refractivity contribution in [2.45, 2.75) is 13.1 Å². The smallest absolute Gasteiger partial charge is 0.360 e. The van der Waals surface area contributed by atoms with E-state index in [0.717, 1.165) is 12.1 Å². The molecule has 0 unspecified atom stereocenters. The number of benzene rings is 1. The Hall–Kier alpha value is -1.84. The molecule has 0 aromatic heterocycles. The van der Waals surface area contributed by atoms with Crippen molar-refractivity contribution in [2.24, 2.45) is 0 Å². The van der Waals surface area contributed by atoms with Crippen molar-refractivity contribution in [2.75, 3.05) is 18.0 Å². The maximum Gasteiger partial charge on any atom is 0.405 e. The topological polar surface area (TPSA) is 27.0 Å². The molecule has 7 heteroatoms. The number of nitrogens with zero attached hydrogens (tertiary/aromatic N) is 2. The van der Waals surface area contributed by atoms with Gasteiger partial charge in [0.2, 0.25) is 0 Å². The molecule has 0 bridgehead atoms. The van der Waals surface area contributed by atoms with E-state index < -0.39 is 35.6 Å². The minimum atomic E-state index is -4.52. The van der Waals surface area contributed by atoms with E-state index in [-0.39, 0.29) is 6.54 Å². The molecule has 18 heavy (non-hydrogen) atoms. The zero-order valence-corrected chi connectivity index (χ0v) is 9.35. The molecule has 0 fully saturated rings. The van der Waals surface area contributed by atoms with Gasteiger partial charge in [0.15, 0.2) is 11.6 Å². The molecule has 0 amide bonds. The van der Waals surface area contributed by atoms with Gasteiger partial charge in [0.05, 0.1) is 11.3 Å². The van der Waals surface area contributed by atoms with Crippen LogP contribution in [0.25, 0.3) is 0 Å². The average Bonchev–Trinajstić information content (AvgIpc) is 2.29. The number of halogens is 5. The molecule has 0 saturated carbocycles. The molecular formula is C11H9F5N2. The summed E-state index contributed by atoms with van der Waals surface area (Å²) in [6.45, 7) is -0.130. The fourth-order valence-corrected chi connectivity index (χ4v) is 1.45. The monoisotopic (exact) mass is 264 g/mol. The third-order valence-corrected chi connectivity index (χ3v) is 2.27. The van der Waals surface area contributed by atoms with E-state index in [1.54, 1.807) is 0 Å². The van der Waals surface area contributed by atoms with Gasteiger partial charge >= 0.3 is 6.18 Å². The van der Waals surface area contributed by atoms with Crippen LogP contribution in [0.15, 0.2) is 12.1 Å². The Balaban J connectivity index is 3.16. The van der Waals surface area contributed by atoms with E-state index in [1.165, 1.54) is 13.0 Å². The fraction of sp³-hybridized carbons (Fsp3) is 0.364. The molecule has 0 radical (unpaired) electrons. The Morgan fingerprint density at radius 2 is 1.83 bits per heavy atom. The van der Waals surface area contributed by atoms with Gasteiger partial charge in [-0.2, -0.15) is 18.4 Å². The first kappa shape index (κ1) is 14.2. The molecule has 2 nitrogen and oxygen atoms in total. The third-order valence-electron chi connectivity index (χ3n) is 2.27. The molecular weight excluding hydrogens is 255 g/mol. The maximum absolute atomic E-state index is 13.5. The summed E-state index contributed by atoms with van der Waals surface area (Å²) in [7, 11) is 0. The third kappa shape index (κ3) is 3.09. The van der Waals surface area contributed by atoms with Gasteiger partial charge in [-0.25, -0.2) is 8.78 Å². The lowest BCUT2D eigenvalue weighted by atomic mass is 10.2. The summed E-state index contributed by atoms with van der Waals surface area (Å²) in [5.74, 6) is -2.88. The van der Waals surface area contributed by atoms with Gasteiger partial charge in [-0.3, -0.25) is 0 Å². The minimum absolute atomic E-state index is 0.137. The van der Waals surface area contributed by atoms with Crippen LogP contribution in [-0.4, -0.2) is 19.3 Å². The Morgan fingerprint density at radius 1 is 1.22 bits per heavy atom. The van der Waals surface area contributed by atoms with Gasteiger partial charge in [-0.15, -0.1) is 0 Å². The van der Waals surface area contributed by atoms with E-state index in [2.05, 4.69) is 0 Å². The average molecular weight is 264 g/mol. The van der Waals surface area contributed by atoms with Crippen LogP contribution in [0.1, 0.15) is 12.5 Å². The highest BCUT2D eigenvalue weighted by molar-refractivity contribution is 5.52. The van der Waals surface area contributed by atoms with Crippen LogP contribution in [0.5, 0.6) is 0 Å². The van der Waals surface area contributed by atoms with Crippen LogP contribution in [0, 0.1) is 23.0 Å². The highest BCUT2D eigenvalue weighted by atomic mass is 19.4. The fourth-order valence-electron chi connectivity index (χ4n) is 1.45. The lowest BCUT2D eigenvalue weighted by Crippen LogP contribution is -2.34. The molecule has 0 aliphatic carbocycles. The number of alkyl halides is 3. The van der Waals surface area contributed by atoms with Crippen molar-refractivity contribution >= 4 is 5.69 Å². The zero-order chi connectivity index (χ0) is 13.9. The van der Waals surface area contributed by atoms with Gasteiger partial charge in [0, 0.05) is 6.54 Å². The lowest BCUT2D eigenvalue weighted by Gasteiger charge is -2.24. The predicted octanol–water partition coefficient (Wildman–Crippen LogP) is 3.23. The molecule has 0 aliphatic rings. The highest BCUT2D eigenvalue weighted by Gasteiger charge is 2.31. The molecule has 0 spiro atoms. The van der Waals surface area contributed by atoms with E-state index in [9.17, 15) is 22.0 Å². The van der Waals surface area contributed by atoms with Crippen LogP contribution in [-0.2, 0) is 0 Å². The molecule has 0 aliphatic heterocycles. The van der Waals surface area contributed by atoms with Gasteiger partial charge in [-0.05, 0) is 19.1 Å². The summed E-state index contributed by atoms with van der Waals surface area (Å²) < 4.78 is 63.6. The molecule has 0 atom stereocenters. The molecule has 0 N–H and O–H groups in total. The van der Waals surface area contributed by atoms with Gasteiger partial charge < -0.3 is 4.90 Å². The normalized spacial score (nSPS) is 11.2. The second-order valence-corrected chi connectivity index (χ2v) is 3.50. The maximum atomic E-state index is 13.5.